The minimum atomic E-state index is -0.238. The van der Waals surface area contributed by atoms with E-state index in [-0.39, 0.29) is 5.82 Å². The maximum Gasteiger partial charge on any atom is 0.126 e. The number of aryl methyl sites for hydroxylation is 1. The molecular formula is C14H10ClFN2. The third-order valence-electron chi connectivity index (χ3n) is 2.54. The molecule has 0 aliphatic heterocycles. The second-order valence-corrected chi connectivity index (χ2v) is 4.30. The Hall–Kier alpha value is -2.05. The van der Waals surface area contributed by atoms with Gasteiger partial charge in [0.05, 0.1) is 10.6 Å². The predicted octanol–water partition coefficient (Wildman–Crippen LogP) is 4.40. The molecule has 0 heterocycles. The van der Waals surface area contributed by atoms with Crippen LogP contribution < -0.4 is 5.32 Å². The van der Waals surface area contributed by atoms with E-state index in [9.17, 15) is 4.39 Å². The summed E-state index contributed by atoms with van der Waals surface area (Å²) in [5.74, 6) is -0.238. The molecule has 0 unspecified atom stereocenters. The molecule has 0 saturated carbocycles. The molecule has 0 aliphatic carbocycles. The number of halogens is 2. The number of hydrogen-bond acceptors (Lipinski definition) is 2. The van der Waals surface area contributed by atoms with Crippen LogP contribution in [0.4, 0.5) is 15.8 Å². The number of rotatable bonds is 2. The van der Waals surface area contributed by atoms with E-state index in [0.29, 0.717) is 16.1 Å². The zero-order chi connectivity index (χ0) is 13.1. The molecule has 0 saturated heterocycles. The molecule has 0 atom stereocenters. The van der Waals surface area contributed by atoms with E-state index >= 15 is 0 Å². The fraction of sp³-hybridized carbons (Fsp3) is 0.0714. The van der Waals surface area contributed by atoms with Crippen LogP contribution in [-0.4, -0.2) is 0 Å². The van der Waals surface area contributed by atoms with E-state index in [2.05, 4.69) is 5.32 Å². The normalized spacial score (nSPS) is 9.89. The summed E-state index contributed by atoms with van der Waals surface area (Å²) in [7, 11) is 0. The summed E-state index contributed by atoms with van der Waals surface area (Å²) in [6, 6.07) is 11.8. The Morgan fingerprint density at radius 1 is 1.17 bits per heavy atom. The van der Waals surface area contributed by atoms with Gasteiger partial charge in [-0.15, -0.1) is 0 Å². The van der Waals surface area contributed by atoms with Crippen molar-refractivity contribution in [1.82, 2.24) is 0 Å². The maximum absolute atomic E-state index is 13.1. The lowest BCUT2D eigenvalue weighted by Crippen LogP contribution is -1.92. The monoisotopic (exact) mass is 260 g/mol. The topological polar surface area (TPSA) is 35.8 Å². The molecule has 0 amide bonds. The SMILES string of the molecule is Cc1cc(Nc2ccc(C#N)c(Cl)c2)ccc1F. The predicted molar refractivity (Wildman–Crippen MR) is 70.6 cm³/mol. The van der Waals surface area contributed by atoms with Gasteiger partial charge < -0.3 is 5.32 Å². The Balaban J connectivity index is 2.26. The first kappa shape index (κ1) is 12.4. The highest BCUT2D eigenvalue weighted by Gasteiger charge is 2.03. The van der Waals surface area contributed by atoms with Gasteiger partial charge in [0, 0.05) is 11.4 Å². The van der Waals surface area contributed by atoms with Crippen molar-refractivity contribution in [3.63, 3.8) is 0 Å². The Bertz CT molecular complexity index is 632. The summed E-state index contributed by atoms with van der Waals surface area (Å²) in [5.41, 5.74) is 2.52. The molecule has 0 bridgehead atoms. The molecule has 4 heteroatoms. The molecule has 2 rings (SSSR count). The van der Waals surface area contributed by atoms with Gasteiger partial charge in [-0.3, -0.25) is 0 Å². The van der Waals surface area contributed by atoms with E-state index in [1.165, 1.54) is 6.07 Å². The Kier molecular flexibility index (Phi) is 3.50. The second-order valence-electron chi connectivity index (χ2n) is 3.90. The number of nitrogens with zero attached hydrogens (tertiary/aromatic N) is 1. The van der Waals surface area contributed by atoms with Crippen LogP contribution in [-0.2, 0) is 0 Å². The van der Waals surface area contributed by atoms with Gasteiger partial charge in [-0.1, -0.05) is 11.6 Å². The number of anilines is 2. The third-order valence-corrected chi connectivity index (χ3v) is 2.85. The maximum atomic E-state index is 13.1. The van der Waals surface area contributed by atoms with Crippen molar-refractivity contribution in [1.29, 1.82) is 5.26 Å². The largest absolute Gasteiger partial charge is 0.355 e. The molecule has 0 aromatic heterocycles. The van der Waals surface area contributed by atoms with Crippen molar-refractivity contribution >= 4 is 23.0 Å². The van der Waals surface area contributed by atoms with Gasteiger partial charge >= 0.3 is 0 Å². The molecule has 2 nitrogen and oxygen atoms in total. The standard InChI is InChI=1S/C14H10ClFN2/c1-9-6-11(4-5-14(9)16)18-12-3-2-10(8-17)13(15)7-12/h2-7,18H,1H3. The Labute approximate surface area is 110 Å². The van der Waals surface area contributed by atoms with E-state index in [1.807, 2.05) is 6.07 Å². The molecule has 18 heavy (non-hydrogen) atoms. The van der Waals surface area contributed by atoms with Crippen molar-refractivity contribution in [2.75, 3.05) is 5.32 Å². The highest BCUT2D eigenvalue weighted by Crippen LogP contribution is 2.24. The lowest BCUT2D eigenvalue weighted by atomic mass is 10.2. The van der Waals surface area contributed by atoms with Gasteiger partial charge in [0.1, 0.15) is 11.9 Å². The van der Waals surface area contributed by atoms with Crippen molar-refractivity contribution in [3.05, 3.63) is 58.4 Å². The third kappa shape index (κ3) is 2.61. The molecule has 0 aliphatic rings. The molecular weight excluding hydrogens is 251 g/mol. The van der Waals surface area contributed by atoms with Gasteiger partial charge in [-0.25, -0.2) is 4.39 Å². The van der Waals surface area contributed by atoms with E-state index in [1.54, 1.807) is 37.3 Å². The second kappa shape index (κ2) is 5.07. The van der Waals surface area contributed by atoms with Crippen LogP contribution in [0.15, 0.2) is 36.4 Å². The summed E-state index contributed by atoms with van der Waals surface area (Å²) in [6.07, 6.45) is 0. The highest BCUT2D eigenvalue weighted by atomic mass is 35.5. The molecule has 2 aromatic carbocycles. The van der Waals surface area contributed by atoms with Crippen molar-refractivity contribution in [3.8, 4) is 6.07 Å². The molecule has 90 valence electrons. The summed E-state index contributed by atoms with van der Waals surface area (Å²) in [4.78, 5) is 0. The first-order valence-corrected chi connectivity index (χ1v) is 5.71. The molecule has 0 radical (unpaired) electrons. The zero-order valence-electron chi connectivity index (χ0n) is 9.67. The quantitative estimate of drug-likeness (QED) is 0.869. The zero-order valence-corrected chi connectivity index (χ0v) is 10.4. The van der Waals surface area contributed by atoms with Crippen LogP contribution in [0.1, 0.15) is 11.1 Å². The fourth-order valence-corrected chi connectivity index (χ4v) is 1.80. The molecule has 2 aromatic rings. The molecule has 0 spiro atoms. The van der Waals surface area contributed by atoms with Crippen LogP contribution in [0.3, 0.4) is 0 Å². The molecule has 1 N–H and O–H groups in total. The fourth-order valence-electron chi connectivity index (χ4n) is 1.57. The lowest BCUT2D eigenvalue weighted by Gasteiger charge is -2.08. The Morgan fingerprint density at radius 3 is 2.44 bits per heavy atom. The summed E-state index contributed by atoms with van der Waals surface area (Å²) >= 11 is 5.93. The summed E-state index contributed by atoms with van der Waals surface area (Å²) in [5, 5.41) is 12.3. The number of hydrogen-bond donors (Lipinski definition) is 1. The van der Waals surface area contributed by atoms with Gasteiger partial charge in [-0.2, -0.15) is 5.26 Å². The van der Waals surface area contributed by atoms with Crippen LogP contribution in [0.5, 0.6) is 0 Å². The van der Waals surface area contributed by atoms with Gasteiger partial charge in [0.2, 0.25) is 0 Å². The average molecular weight is 261 g/mol. The highest BCUT2D eigenvalue weighted by molar-refractivity contribution is 6.32. The van der Waals surface area contributed by atoms with Gasteiger partial charge in [0.15, 0.2) is 0 Å². The summed E-state index contributed by atoms with van der Waals surface area (Å²) < 4.78 is 13.1. The first-order chi connectivity index (χ1) is 8.60. The number of benzene rings is 2. The average Bonchev–Trinajstić information content (AvgIpc) is 2.34. The van der Waals surface area contributed by atoms with Gasteiger partial charge in [-0.05, 0) is 48.9 Å². The van der Waals surface area contributed by atoms with Crippen molar-refractivity contribution in [2.45, 2.75) is 6.92 Å². The van der Waals surface area contributed by atoms with Crippen LogP contribution in [0, 0.1) is 24.1 Å². The van der Waals surface area contributed by atoms with Crippen molar-refractivity contribution < 1.29 is 4.39 Å². The smallest absolute Gasteiger partial charge is 0.126 e. The van der Waals surface area contributed by atoms with Crippen LogP contribution in [0.25, 0.3) is 0 Å². The number of nitriles is 1. The summed E-state index contributed by atoms with van der Waals surface area (Å²) in [6.45, 7) is 1.70. The lowest BCUT2D eigenvalue weighted by molar-refractivity contribution is 0.619. The van der Waals surface area contributed by atoms with Gasteiger partial charge in [0.25, 0.3) is 0 Å². The minimum Gasteiger partial charge on any atom is -0.355 e. The molecule has 0 fully saturated rings. The Morgan fingerprint density at radius 2 is 1.83 bits per heavy atom. The van der Waals surface area contributed by atoms with Crippen LogP contribution in [0.2, 0.25) is 5.02 Å². The number of nitrogens with one attached hydrogen (secondary N) is 1. The van der Waals surface area contributed by atoms with E-state index in [0.717, 1.165) is 11.4 Å². The van der Waals surface area contributed by atoms with Crippen molar-refractivity contribution in [2.24, 2.45) is 0 Å². The van der Waals surface area contributed by atoms with E-state index < -0.39 is 0 Å². The van der Waals surface area contributed by atoms with Crippen LogP contribution >= 0.6 is 11.6 Å². The minimum absolute atomic E-state index is 0.238. The first-order valence-electron chi connectivity index (χ1n) is 5.33. The van der Waals surface area contributed by atoms with E-state index in [4.69, 9.17) is 16.9 Å².